The fourth-order valence-electron chi connectivity index (χ4n) is 2.48. The van der Waals surface area contributed by atoms with E-state index in [0.717, 1.165) is 5.56 Å². The lowest BCUT2D eigenvalue weighted by Gasteiger charge is -2.09. The van der Waals surface area contributed by atoms with Gasteiger partial charge in [0.25, 0.3) is 11.8 Å². The van der Waals surface area contributed by atoms with E-state index in [2.05, 4.69) is 10.3 Å². The summed E-state index contributed by atoms with van der Waals surface area (Å²) in [5.41, 5.74) is 6.37. The molecule has 0 spiro atoms. The van der Waals surface area contributed by atoms with Crippen molar-refractivity contribution in [2.45, 2.75) is 6.54 Å². The number of halogens is 1. The van der Waals surface area contributed by atoms with Crippen LogP contribution in [0.3, 0.4) is 0 Å². The minimum Gasteiger partial charge on any atom is -0.492 e. The molecule has 26 heavy (non-hydrogen) atoms. The molecule has 0 atom stereocenters. The molecule has 132 valence electrons. The summed E-state index contributed by atoms with van der Waals surface area (Å²) >= 11 is 0. The van der Waals surface area contributed by atoms with Gasteiger partial charge < -0.3 is 20.7 Å². The van der Waals surface area contributed by atoms with Crippen LogP contribution in [0, 0.1) is 5.82 Å². The molecule has 0 aliphatic carbocycles. The Labute approximate surface area is 147 Å². The standard InChI is InChI=1S/C18H15FN4O3/c19-14-4-2-1-3-13(14)17(25)22-12-7-5-11(6-8-12)9-23-10-21-18(26)15(23)16(20)24/h1-8,10,26H,9H2,(H2,20,24)(H,22,25). The Bertz CT molecular complexity index is 967. The zero-order chi connectivity index (χ0) is 18.7. The van der Waals surface area contributed by atoms with Crippen LogP contribution in [-0.2, 0) is 6.54 Å². The lowest BCUT2D eigenvalue weighted by Crippen LogP contribution is -2.17. The maximum atomic E-state index is 13.6. The number of carbonyl (C=O) groups excluding carboxylic acids is 2. The zero-order valence-corrected chi connectivity index (χ0v) is 13.5. The van der Waals surface area contributed by atoms with Crippen molar-refractivity contribution in [3.63, 3.8) is 0 Å². The van der Waals surface area contributed by atoms with Crippen molar-refractivity contribution in [1.29, 1.82) is 0 Å². The Morgan fingerprint density at radius 1 is 1.15 bits per heavy atom. The van der Waals surface area contributed by atoms with E-state index in [1.165, 1.54) is 29.1 Å². The van der Waals surface area contributed by atoms with Crippen LogP contribution < -0.4 is 11.1 Å². The SMILES string of the molecule is NC(=O)c1c(O)ncn1Cc1ccc(NC(=O)c2ccccc2F)cc1. The fourth-order valence-corrected chi connectivity index (χ4v) is 2.48. The normalized spacial score (nSPS) is 10.5. The summed E-state index contributed by atoms with van der Waals surface area (Å²) in [6.07, 6.45) is 1.31. The molecule has 0 aliphatic heterocycles. The first-order valence-corrected chi connectivity index (χ1v) is 7.64. The van der Waals surface area contributed by atoms with Crippen LogP contribution in [0.25, 0.3) is 0 Å². The molecule has 7 nitrogen and oxygen atoms in total. The van der Waals surface area contributed by atoms with Gasteiger partial charge in [-0.25, -0.2) is 9.37 Å². The summed E-state index contributed by atoms with van der Waals surface area (Å²) in [4.78, 5) is 27.1. The lowest BCUT2D eigenvalue weighted by molar-refractivity contribution is 0.0986. The van der Waals surface area contributed by atoms with Gasteiger partial charge in [-0.05, 0) is 29.8 Å². The molecule has 0 saturated carbocycles. The molecule has 0 fully saturated rings. The summed E-state index contributed by atoms with van der Waals surface area (Å²) in [5.74, 6) is -2.35. The van der Waals surface area contributed by atoms with Crippen molar-refractivity contribution in [2.24, 2.45) is 5.73 Å². The van der Waals surface area contributed by atoms with Crippen LogP contribution in [0.5, 0.6) is 5.88 Å². The number of primary amides is 1. The molecule has 2 aromatic carbocycles. The minimum absolute atomic E-state index is 0.0448. The molecule has 0 aliphatic rings. The molecule has 0 saturated heterocycles. The van der Waals surface area contributed by atoms with Crippen LogP contribution in [0.15, 0.2) is 54.9 Å². The van der Waals surface area contributed by atoms with Crippen LogP contribution in [0.1, 0.15) is 26.4 Å². The Morgan fingerprint density at radius 2 is 1.85 bits per heavy atom. The molecule has 1 aromatic heterocycles. The van der Waals surface area contributed by atoms with E-state index in [9.17, 15) is 19.1 Å². The van der Waals surface area contributed by atoms with Crippen LogP contribution in [-0.4, -0.2) is 26.5 Å². The highest BCUT2D eigenvalue weighted by Gasteiger charge is 2.16. The average Bonchev–Trinajstić information content (AvgIpc) is 2.97. The van der Waals surface area contributed by atoms with E-state index >= 15 is 0 Å². The highest BCUT2D eigenvalue weighted by Crippen LogP contribution is 2.17. The van der Waals surface area contributed by atoms with Gasteiger partial charge in [-0.1, -0.05) is 24.3 Å². The molecule has 8 heteroatoms. The lowest BCUT2D eigenvalue weighted by atomic mass is 10.1. The maximum absolute atomic E-state index is 13.6. The van der Waals surface area contributed by atoms with Gasteiger partial charge in [-0.3, -0.25) is 9.59 Å². The first kappa shape index (κ1) is 17.2. The minimum atomic E-state index is -0.784. The number of nitrogens with one attached hydrogen (secondary N) is 1. The van der Waals surface area contributed by atoms with Crippen molar-refractivity contribution >= 4 is 17.5 Å². The monoisotopic (exact) mass is 354 g/mol. The highest BCUT2D eigenvalue weighted by atomic mass is 19.1. The number of anilines is 1. The number of rotatable bonds is 5. The zero-order valence-electron chi connectivity index (χ0n) is 13.5. The molecule has 2 amide bonds. The van der Waals surface area contributed by atoms with E-state index in [4.69, 9.17) is 5.73 Å². The van der Waals surface area contributed by atoms with Gasteiger partial charge in [-0.15, -0.1) is 0 Å². The highest BCUT2D eigenvalue weighted by molar-refractivity contribution is 6.04. The summed E-state index contributed by atoms with van der Waals surface area (Å²) in [7, 11) is 0. The third-order valence-electron chi connectivity index (χ3n) is 3.74. The predicted octanol–water partition coefficient (Wildman–Crippen LogP) is 2.13. The van der Waals surface area contributed by atoms with Gasteiger partial charge in [-0.2, -0.15) is 0 Å². The molecule has 0 bridgehead atoms. The second-order valence-corrected chi connectivity index (χ2v) is 5.54. The molecule has 0 unspecified atom stereocenters. The van der Waals surface area contributed by atoms with Gasteiger partial charge in [0, 0.05) is 12.2 Å². The van der Waals surface area contributed by atoms with E-state index < -0.39 is 23.5 Å². The second-order valence-electron chi connectivity index (χ2n) is 5.54. The number of benzene rings is 2. The van der Waals surface area contributed by atoms with Gasteiger partial charge >= 0.3 is 0 Å². The summed E-state index contributed by atoms with van der Waals surface area (Å²) in [5, 5.41) is 12.2. The van der Waals surface area contributed by atoms with Crippen LogP contribution >= 0.6 is 0 Å². The van der Waals surface area contributed by atoms with Crippen molar-refractivity contribution in [2.75, 3.05) is 5.32 Å². The number of amides is 2. The number of nitrogens with zero attached hydrogens (tertiary/aromatic N) is 2. The van der Waals surface area contributed by atoms with Crippen molar-refractivity contribution < 1.29 is 19.1 Å². The molecule has 3 aromatic rings. The predicted molar refractivity (Wildman–Crippen MR) is 92.3 cm³/mol. The maximum Gasteiger partial charge on any atom is 0.271 e. The van der Waals surface area contributed by atoms with Gasteiger partial charge in [0.1, 0.15) is 5.82 Å². The average molecular weight is 354 g/mol. The summed E-state index contributed by atoms with van der Waals surface area (Å²) in [6.45, 7) is 0.257. The van der Waals surface area contributed by atoms with E-state index in [0.29, 0.717) is 5.69 Å². The quantitative estimate of drug-likeness (QED) is 0.652. The Hall–Kier alpha value is -3.68. The van der Waals surface area contributed by atoms with E-state index in [1.807, 2.05) is 0 Å². The number of nitrogens with two attached hydrogens (primary N) is 1. The summed E-state index contributed by atoms with van der Waals surface area (Å²) in [6, 6.07) is 12.4. The second kappa shape index (κ2) is 7.06. The number of carbonyl (C=O) groups is 2. The first-order valence-electron chi connectivity index (χ1n) is 7.64. The fraction of sp³-hybridized carbons (Fsp3) is 0.0556. The number of hydrogen-bond acceptors (Lipinski definition) is 4. The third kappa shape index (κ3) is 3.54. The van der Waals surface area contributed by atoms with Gasteiger partial charge in [0.05, 0.1) is 11.9 Å². The first-order chi connectivity index (χ1) is 12.5. The smallest absolute Gasteiger partial charge is 0.271 e. The van der Waals surface area contributed by atoms with E-state index in [-0.39, 0.29) is 17.8 Å². The van der Waals surface area contributed by atoms with Crippen molar-refractivity contribution in [3.05, 3.63) is 77.5 Å². The number of aromatic nitrogens is 2. The molecule has 3 rings (SSSR count). The topological polar surface area (TPSA) is 110 Å². The third-order valence-corrected chi connectivity index (χ3v) is 3.74. The van der Waals surface area contributed by atoms with Crippen molar-refractivity contribution in [3.8, 4) is 5.88 Å². The molecular formula is C18H15FN4O3. The van der Waals surface area contributed by atoms with E-state index in [1.54, 1.807) is 30.3 Å². The molecule has 1 heterocycles. The number of imidazole rings is 1. The molecule has 4 N–H and O–H groups in total. The van der Waals surface area contributed by atoms with Gasteiger partial charge in [0.2, 0.25) is 5.88 Å². The number of hydrogen-bond donors (Lipinski definition) is 3. The Morgan fingerprint density at radius 3 is 2.50 bits per heavy atom. The van der Waals surface area contributed by atoms with Crippen LogP contribution in [0.2, 0.25) is 0 Å². The van der Waals surface area contributed by atoms with Gasteiger partial charge in [0.15, 0.2) is 5.69 Å². The molecule has 0 radical (unpaired) electrons. The molecular weight excluding hydrogens is 339 g/mol. The summed E-state index contributed by atoms with van der Waals surface area (Å²) < 4.78 is 15.0. The van der Waals surface area contributed by atoms with Crippen LogP contribution in [0.4, 0.5) is 10.1 Å². The largest absolute Gasteiger partial charge is 0.492 e. The van der Waals surface area contributed by atoms with Crippen molar-refractivity contribution in [1.82, 2.24) is 9.55 Å². The Kier molecular flexibility index (Phi) is 4.66. The number of aromatic hydroxyl groups is 1. The Balaban J connectivity index is 1.72.